The lowest BCUT2D eigenvalue weighted by Gasteiger charge is -2.39. The largest absolute Gasteiger partial charge is 0.304 e. The van der Waals surface area contributed by atoms with Crippen LogP contribution >= 0.6 is 0 Å². The standard InChI is InChI=1S/C10H21NO/c1-8(12)7-11-10(5,6)9(2,3)4/h11H,7H2,1-6H3. The fraction of sp³-hybridized carbons (Fsp3) is 0.900. The second kappa shape index (κ2) is 3.56. The van der Waals surface area contributed by atoms with Gasteiger partial charge < -0.3 is 5.32 Å². The summed E-state index contributed by atoms with van der Waals surface area (Å²) < 4.78 is 0. The van der Waals surface area contributed by atoms with Crippen LogP contribution in [0.1, 0.15) is 41.5 Å². The second-order valence-corrected chi connectivity index (χ2v) is 4.93. The van der Waals surface area contributed by atoms with Gasteiger partial charge in [-0.1, -0.05) is 20.8 Å². The van der Waals surface area contributed by atoms with Gasteiger partial charge in [-0.3, -0.25) is 4.79 Å². The molecule has 0 spiro atoms. The molecule has 0 unspecified atom stereocenters. The van der Waals surface area contributed by atoms with Crippen molar-refractivity contribution >= 4 is 5.78 Å². The molecule has 0 aliphatic rings. The lowest BCUT2D eigenvalue weighted by molar-refractivity contribution is -0.116. The average Bonchev–Trinajstić information content (AvgIpc) is 1.81. The van der Waals surface area contributed by atoms with E-state index in [1.54, 1.807) is 6.92 Å². The van der Waals surface area contributed by atoms with E-state index >= 15 is 0 Å². The molecule has 0 fully saturated rings. The Morgan fingerprint density at radius 1 is 1.17 bits per heavy atom. The molecule has 0 aliphatic heterocycles. The summed E-state index contributed by atoms with van der Waals surface area (Å²) in [6.07, 6.45) is 0. The maximum absolute atomic E-state index is 10.8. The lowest BCUT2D eigenvalue weighted by atomic mass is 9.76. The van der Waals surface area contributed by atoms with Crippen molar-refractivity contribution in [3.05, 3.63) is 0 Å². The van der Waals surface area contributed by atoms with E-state index in [1.165, 1.54) is 0 Å². The third-order valence-corrected chi connectivity index (χ3v) is 2.65. The molecular weight excluding hydrogens is 150 g/mol. The summed E-state index contributed by atoms with van der Waals surface area (Å²) in [5, 5.41) is 3.25. The predicted octanol–water partition coefficient (Wildman–Crippen LogP) is 1.99. The molecule has 0 saturated heterocycles. The van der Waals surface area contributed by atoms with Crippen LogP contribution in [0.4, 0.5) is 0 Å². The van der Waals surface area contributed by atoms with Crippen molar-refractivity contribution in [1.29, 1.82) is 0 Å². The summed E-state index contributed by atoms with van der Waals surface area (Å²) in [7, 11) is 0. The van der Waals surface area contributed by atoms with E-state index in [9.17, 15) is 4.79 Å². The van der Waals surface area contributed by atoms with Crippen LogP contribution in [-0.2, 0) is 4.79 Å². The highest BCUT2D eigenvalue weighted by atomic mass is 16.1. The highest BCUT2D eigenvalue weighted by molar-refractivity contribution is 5.77. The van der Waals surface area contributed by atoms with E-state index in [2.05, 4.69) is 39.9 Å². The van der Waals surface area contributed by atoms with Crippen molar-refractivity contribution in [2.45, 2.75) is 47.1 Å². The average molecular weight is 171 g/mol. The highest BCUT2D eigenvalue weighted by Gasteiger charge is 2.31. The zero-order valence-electron chi connectivity index (χ0n) is 9.12. The molecule has 1 N–H and O–H groups in total. The van der Waals surface area contributed by atoms with E-state index in [1.807, 2.05) is 0 Å². The van der Waals surface area contributed by atoms with Crippen LogP contribution in [0.2, 0.25) is 0 Å². The normalized spacial score (nSPS) is 13.2. The Morgan fingerprint density at radius 3 is 1.83 bits per heavy atom. The maximum atomic E-state index is 10.8. The molecule has 72 valence electrons. The predicted molar refractivity (Wildman–Crippen MR) is 52.2 cm³/mol. The van der Waals surface area contributed by atoms with E-state index in [0.29, 0.717) is 6.54 Å². The molecule has 0 rings (SSSR count). The van der Waals surface area contributed by atoms with Crippen LogP contribution in [0.5, 0.6) is 0 Å². The number of ketones is 1. The summed E-state index contributed by atoms with van der Waals surface area (Å²) in [6, 6.07) is 0. The van der Waals surface area contributed by atoms with E-state index in [0.717, 1.165) is 0 Å². The first-order valence-corrected chi connectivity index (χ1v) is 4.41. The minimum absolute atomic E-state index is 0.00132. The lowest BCUT2D eigenvalue weighted by Crippen LogP contribution is -2.51. The van der Waals surface area contributed by atoms with Crippen LogP contribution in [0.3, 0.4) is 0 Å². The van der Waals surface area contributed by atoms with Gasteiger partial charge in [-0.15, -0.1) is 0 Å². The highest BCUT2D eigenvalue weighted by Crippen LogP contribution is 2.28. The van der Waals surface area contributed by atoms with Crippen LogP contribution in [0, 0.1) is 5.41 Å². The molecule has 0 aliphatic carbocycles. The van der Waals surface area contributed by atoms with Gasteiger partial charge >= 0.3 is 0 Å². The Hall–Kier alpha value is -0.370. The molecule has 2 nitrogen and oxygen atoms in total. The summed E-state index contributed by atoms with van der Waals surface area (Å²) in [5.74, 6) is 0.187. The molecule has 0 bridgehead atoms. The molecular formula is C10H21NO. The van der Waals surface area contributed by atoms with Gasteiger partial charge in [0, 0.05) is 5.54 Å². The van der Waals surface area contributed by atoms with Crippen LogP contribution in [-0.4, -0.2) is 17.9 Å². The van der Waals surface area contributed by atoms with Gasteiger partial charge in [-0.05, 0) is 26.2 Å². The number of rotatable bonds is 3. The van der Waals surface area contributed by atoms with E-state index < -0.39 is 0 Å². The second-order valence-electron chi connectivity index (χ2n) is 4.93. The van der Waals surface area contributed by atoms with Crippen molar-refractivity contribution in [3.8, 4) is 0 Å². The third-order valence-electron chi connectivity index (χ3n) is 2.65. The van der Waals surface area contributed by atoms with Crippen molar-refractivity contribution < 1.29 is 4.79 Å². The Kier molecular flexibility index (Phi) is 3.45. The van der Waals surface area contributed by atoms with E-state index in [4.69, 9.17) is 0 Å². The van der Waals surface area contributed by atoms with Gasteiger partial charge in [0.25, 0.3) is 0 Å². The van der Waals surface area contributed by atoms with Gasteiger partial charge in [0.15, 0.2) is 0 Å². The van der Waals surface area contributed by atoms with Crippen molar-refractivity contribution in [2.24, 2.45) is 5.41 Å². The Labute approximate surface area is 75.7 Å². The van der Waals surface area contributed by atoms with Gasteiger partial charge in [0.2, 0.25) is 0 Å². The smallest absolute Gasteiger partial charge is 0.143 e. The first-order valence-electron chi connectivity index (χ1n) is 4.41. The number of nitrogens with one attached hydrogen (secondary N) is 1. The summed E-state index contributed by atoms with van der Waals surface area (Å²) in [6.45, 7) is 12.8. The fourth-order valence-electron chi connectivity index (χ4n) is 0.611. The number of Topliss-reactive ketones (excluding diaryl/α,β-unsaturated/α-hetero) is 1. The maximum Gasteiger partial charge on any atom is 0.143 e. The molecule has 0 saturated carbocycles. The van der Waals surface area contributed by atoms with Crippen LogP contribution < -0.4 is 5.32 Å². The molecule has 0 aromatic rings. The quantitative estimate of drug-likeness (QED) is 0.703. The number of hydrogen-bond acceptors (Lipinski definition) is 2. The number of hydrogen-bond donors (Lipinski definition) is 1. The molecule has 2 heteroatoms. The zero-order valence-corrected chi connectivity index (χ0v) is 9.12. The third kappa shape index (κ3) is 3.35. The van der Waals surface area contributed by atoms with Crippen molar-refractivity contribution in [1.82, 2.24) is 5.32 Å². The first kappa shape index (κ1) is 11.6. The van der Waals surface area contributed by atoms with Crippen LogP contribution in [0.25, 0.3) is 0 Å². The zero-order chi connectivity index (χ0) is 9.99. The molecule has 0 amide bonds. The minimum Gasteiger partial charge on any atom is -0.304 e. The fourth-order valence-corrected chi connectivity index (χ4v) is 0.611. The summed E-state index contributed by atoms with van der Waals surface area (Å²) in [5.41, 5.74) is 0.168. The topological polar surface area (TPSA) is 29.1 Å². The summed E-state index contributed by atoms with van der Waals surface area (Å²) >= 11 is 0. The van der Waals surface area contributed by atoms with E-state index in [-0.39, 0.29) is 16.7 Å². The molecule has 0 atom stereocenters. The van der Waals surface area contributed by atoms with Crippen molar-refractivity contribution in [3.63, 3.8) is 0 Å². The number of carbonyl (C=O) groups excluding carboxylic acids is 1. The first-order chi connectivity index (χ1) is 5.17. The minimum atomic E-state index is -0.00132. The van der Waals surface area contributed by atoms with Crippen molar-refractivity contribution in [2.75, 3.05) is 6.54 Å². The molecule has 0 heterocycles. The molecule has 12 heavy (non-hydrogen) atoms. The monoisotopic (exact) mass is 171 g/mol. The Balaban J connectivity index is 4.14. The van der Waals surface area contributed by atoms with Gasteiger partial charge in [0.05, 0.1) is 6.54 Å². The Bertz CT molecular complexity index is 165. The molecule has 0 aromatic heterocycles. The van der Waals surface area contributed by atoms with Gasteiger partial charge in [-0.2, -0.15) is 0 Å². The molecule has 0 radical (unpaired) electrons. The van der Waals surface area contributed by atoms with Gasteiger partial charge in [-0.25, -0.2) is 0 Å². The van der Waals surface area contributed by atoms with Crippen LogP contribution in [0.15, 0.2) is 0 Å². The molecule has 0 aromatic carbocycles. The SMILES string of the molecule is CC(=O)CNC(C)(C)C(C)(C)C. The number of carbonyl (C=O) groups is 1. The Morgan fingerprint density at radius 2 is 1.58 bits per heavy atom. The summed E-state index contributed by atoms with van der Waals surface area (Å²) in [4.78, 5) is 10.8. The van der Waals surface area contributed by atoms with Gasteiger partial charge in [0.1, 0.15) is 5.78 Å².